The van der Waals surface area contributed by atoms with Crippen LogP contribution in [0, 0.1) is 11.7 Å². The van der Waals surface area contributed by atoms with Gasteiger partial charge >= 0.3 is 0 Å². The molecule has 2 atom stereocenters. The van der Waals surface area contributed by atoms with Crippen molar-refractivity contribution < 1.29 is 9.18 Å². The Morgan fingerprint density at radius 2 is 2.26 bits per heavy atom. The summed E-state index contributed by atoms with van der Waals surface area (Å²) in [6, 6.07) is 4.44. The third-order valence-corrected chi connectivity index (χ3v) is 4.34. The molecule has 1 aromatic carbocycles. The first-order valence-electron chi connectivity index (χ1n) is 6.43. The number of rotatable bonds is 3. The van der Waals surface area contributed by atoms with Crippen LogP contribution in [0.15, 0.2) is 22.7 Å². The number of hydrogen-bond acceptors (Lipinski definition) is 1. The van der Waals surface area contributed by atoms with Crippen molar-refractivity contribution in [3.8, 4) is 0 Å². The molecule has 2 nitrogen and oxygen atoms in total. The molecule has 2 rings (SSSR count). The lowest BCUT2D eigenvalue weighted by molar-refractivity contribution is 0.0939. The van der Waals surface area contributed by atoms with Crippen LogP contribution in [-0.4, -0.2) is 17.8 Å². The number of carbonyl (C=O) groups excluding carboxylic acids is 1. The second-order valence-corrected chi connectivity index (χ2v) is 6.50. The van der Waals surface area contributed by atoms with Gasteiger partial charge in [0, 0.05) is 16.4 Å². The van der Waals surface area contributed by atoms with Crippen LogP contribution in [0.1, 0.15) is 36.0 Å². The molecular weight excluding hydrogens is 333 g/mol. The Morgan fingerprint density at radius 3 is 2.95 bits per heavy atom. The molecule has 0 heterocycles. The van der Waals surface area contributed by atoms with Gasteiger partial charge in [0.05, 0.1) is 5.56 Å². The Balaban J connectivity index is 1.90. The third-order valence-electron chi connectivity index (χ3n) is 3.45. The highest BCUT2D eigenvalue weighted by molar-refractivity contribution is 9.10. The number of carbonyl (C=O) groups is 1. The average molecular weight is 349 g/mol. The third kappa shape index (κ3) is 4.18. The van der Waals surface area contributed by atoms with E-state index in [1.807, 2.05) is 0 Å². The summed E-state index contributed by atoms with van der Waals surface area (Å²) in [6.45, 7) is 0.567. The second-order valence-electron chi connectivity index (χ2n) is 4.96. The van der Waals surface area contributed by atoms with Crippen LogP contribution in [0.4, 0.5) is 4.39 Å². The predicted octanol–water partition coefficient (Wildman–Crippen LogP) is 4.12. The molecule has 0 spiro atoms. The van der Waals surface area contributed by atoms with Gasteiger partial charge < -0.3 is 5.32 Å². The highest BCUT2D eigenvalue weighted by Crippen LogP contribution is 2.27. The minimum Gasteiger partial charge on any atom is -0.352 e. The molecule has 1 saturated carbocycles. The van der Waals surface area contributed by atoms with Crippen molar-refractivity contribution in [1.29, 1.82) is 0 Å². The summed E-state index contributed by atoms with van der Waals surface area (Å²) < 4.78 is 14.2. The molecule has 1 aliphatic carbocycles. The van der Waals surface area contributed by atoms with Crippen LogP contribution in [-0.2, 0) is 0 Å². The lowest BCUT2D eigenvalue weighted by Gasteiger charge is -2.25. The molecule has 0 radical (unpaired) electrons. The van der Waals surface area contributed by atoms with Gasteiger partial charge in [0.15, 0.2) is 0 Å². The fraction of sp³-hybridized carbons (Fsp3) is 0.500. The van der Waals surface area contributed by atoms with Crippen molar-refractivity contribution in [1.82, 2.24) is 5.32 Å². The van der Waals surface area contributed by atoms with Gasteiger partial charge in [0.25, 0.3) is 5.91 Å². The van der Waals surface area contributed by atoms with Gasteiger partial charge in [-0.3, -0.25) is 4.79 Å². The normalized spacial score (nSPS) is 23.1. The monoisotopic (exact) mass is 347 g/mol. The van der Waals surface area contributed by atoms with E-state index in [0.717, 1.165) is 25.7 Å². The summed E-state index contributed by atoms with van der Waals surface area (Å²) in [4.78, 5) is 11.9. The summed E-state index contributed by atoms with van der Waals surface area (Å²) in [7, 11) is 0. The van der Waals surface area contributed by atoms with E-state index in [4.69, 9.17) is 11.6 Å². The maximum absolute atomic E-state index is 13.6. The summed E-state index contributed by atoms with van der Waals surface area (Å²) >= 11 is 9.28. The van der Waals surface area contributed by atoms with E-state index in [2.05, 4.69) is 21.2 Å². The average Bonchev–Trinajstić information content (AvgIpc) is 2.36. The van der Waals surface area contributed by atoms with Crippen LogP contribution < -0.4 is 5.32 Å². The van der Waals surface area contributed by atoms with Crippen LogP contribution in [0.3, 0.4) is 0 Å². The number of hydrogen-bond donors (Lipinski definition) is 1. The summed E-state index contributed by atoms with van der Waals surface area (Å²) in [5.74, 6) is -0.467. The molecule has 1 aromatic rings. The van der Waals surface area contributed by atoms with E-state index >= 15 is 0 Å². The molecule has 1 N–H and O–H groups in total. The molecule has 19 heavy (non-hydrogen) atoms. The SMILES string of the molecule is O=C(NCC1CCCC(Cl)C1)c1ccc(Br)cc1F. The van der Waals surface area contributed by atoms with Gasteiger partial charge in [-0.15, -0.1) is 11.6 Å². The van der Waals surface area contributed by atoms with Gasteiger partial charge in [-0.2, -0.15) is 0 Å². The van der Waals surface area contributed by atoms with Gasteiger partial charge in [0.2, 0.25) is 0 Å². The van der Waals surface area contributed by atoms with Crippen molar-refractivity contribution in [2.45, 2.75) is 31.1 Å². The quantitative estimate of drug-likeness (QED) is 0.818. The molecule has 1 aliphatic rings. The standard InChI is InChI=1S/C14H16BrClFNO/c15-10-4-5-12(13(17)7-10)14(19)18-8-9-2-1-3-11(16)6-9/h4-5,7,9,11H,1-3,6,8H2,(H,18,19). The molecule has 0 aliphatic heterocycles. The zero-order valence-electron chi connectivity index (χ0n) is 10.5. The lowest BCUT2D eigenvalue weighted by atomic mass is 9.89. The van der Waals surface area contributed by atoms with Crippen molar-refractivity contribution in [2.24, 2.45) is 5.92 Å². The molecule has 2 unspecified atom stereocenters. The minimum atomic E-state index is -0.509. The van der Waals surface area contributed by atoms with Crippen molar-refractivity contribution >= 4 is 33.4 Å². The molecule has 0 bridgehead atoms. The Kier molecular flexibility index (Phi) is 5.22. The van der Waals surface area contributed by atoms with E-state index < -0.39 is 5.82 Å². The fourth-order valence-corrected chi connectivity index (χ4v) is 3.16. The number of benzene rings is 1. The molecule has 5 heteroatoms. The number of alkyl halides is 1. The molecule has 104 valence electrons. The first-order valence-corrected chi connectivity index (χ1v) is 7.66. The Morgan fingerprint density at radius 1 is 1.47 bits per heavy atom. The van der Waals surface area contributed by atoms with Gasteiger partial charge in [-0.1, -0.05) is 22.4 Å². The molecule has 1 amide bonds. The Bertz CT molecular complexity index is 469. The van der Waals surface area contributed by atoms with Crippen LogP contribution in [0.5, 0.6) is 0 Å². The van der Waals surface area contributed by atoms with Crippen LogP contribution >= 0.6 is 27.5 Å². The van der Waals surface area contributed by atoms with E-state index in [1.165, 1.54) is 12.1 Å². The first-order chi connectivity index (χ1) is 9.06. The highest BCUT2D eigenvalue weighted by Gasteiger charge is 2.21. The van der Waals surface area contributed by atoms with Gasteiger partial charge in [0.1, 0.15) is 5.82 Å². The first kappa shape index (κ1) is 14.8. The summed E-state index contributed by atoms with van der Waals surface area (Å²) in [6.07, 6.45) is 4.14. The van der Waals surface area contributed by atoms with Crippen molar-refractivity contribution in [2.75, 3.05) is 6.54 Å². The zero-order chi connectivity index (χ0) is 13.8. The van der Waals surface area contributed by atoms with E-state index in [-0.39, 0.29) is 16.8 Å². The second kappa shape index (κ2) is 6.71. The highest BCUT2D eigenvalue weighted by atomic mass is 79.9. The lowest BCUT2D eigenvalue weighted by Crippen LogP contribution is -2.32. The minimum absolute atomic E-state index is 0.0847. The Hall–Kier alpha value is -0.610. The maximum atomic E-state index is 13.6. The van der Waals surface area contributed by atoms with Crippen molar-refractivity contribution in [3.63, 3.8) is 0 Å². The van der Waals surface area contributed by atoms with E-state index in [9.17, 15) is 9.18 Å². The summed E-state index contributed by atoms with van der Waals surface area (Å²) in [5.41, 5.74) is 0.0847. The molecule has 0 aromatic heterocycles. The van der Waals surface area contributed by atoms with E-state index in [1.54, 1.807) is 6.07 Å². The maximum Gasteiger partial charge on any atom is 0.254 e. The van der Waals surface area contributed by atoms with Gasteiger partial charge in [-0.05, 0) is 43.4 Å². The topological polar surface area (TPSA) is 29.1 Å². The van der Waals surface area contributed by atoms with Crippen LogP contribution in [0.2, 0.25) is 0 Å². The van der Waals surface area contributed by atoms with Crippen molar-refractivity contribution in [3.05, 3.63) is 34.1 Å². The number of nitrogens with one attached hydrogen (secondary N) is 1. The number of halogens is 3. The van der Waals surface area contributed by atoms with Crippen LogP contribution in [0.25, 0.3) is 0 Å². The van der Waals surface area contributed by atoms with E-state index in [0.29, 0.717) is 16.9 Å². The largest absolute Gasteiger partial charge is 0.352 e. The smallest absolute Gasteiger partial charge is 0.254 e. The Labute approximate surface area is 125 Å². The van der Waals surface area contributed by atoms with Gasteiger partial charge in [-0.25, -0.2) is 4.39 Å². The fourth-order valence-electron chi connectivity index (χ4n) is 2.42. The molecule has 1 fully saturated rings. The number of amides is 1. The predicted molar refractivity (Wildman–Crippen MR) is 78.0 cm³/mol. The molecule has 0 saturated heterocycles. The zero-order valence-corrected chi connectivity index (χ0v) is 12.8. The molecular formula is C14H16BrClFNO. The summed E-state index contributed by atoms with van der Waals surface area (Å²) in [5, 5.41) is 3.01.